The van der Waals surface area contributed by atoms with Crippen molar-refractivity contribution in [1.82, 2.24) is 14.9 Å². The molecule has 0 aliphatic heterocycles. The molecule has 0 radical (unpaired) electrons. The Morgan fingerprint density at radius 2 is 1.65 bits per heavy atom. The topological polar surface area (TPSA) is 70.7 Å². The van der Waals surface area contributed by atoms with Gasteiger partial charge in [0, 0.05) is 37.0 Å². The first-order valence-corrected chi connectivity index (χ1v) is 10.1. The monoisotopic (exact) mass is 406 g/mol. The zero-order chi connectivity index (χ0) is 21.5. The zero-order valence-corrected chi connectivity index (χ0v) is 17.0. The quantitative estimate of drug-likeness (QED) is 0.493. The number of hydrogen-bond acceptors (Lipinski definition) is 3. The largest absolute Gasteiger partial charge is 0.352 e. The molecule has 152 valence electrons. The van der Waals surface area contributed by atoms with Crippen molar-refractivity contribution in [3.05, 3.63) is 114 Å². The molecule has 0 spiro atoms. The Labute approximate surface area is 181 Å². The normalized spacial score (nSPS) is 10.4. The van der Waals surface area contributed by atoms with E-state index < -0.39 is 0 Å². The highest BCUT2D eigenvalue weighted by atomic mass is 16.1. The summed E-state index contributed by atoms with van der Waals surface area (Å²) in [5.41, 5.74) is 5.65. The van der Waals surface area contributed by atoms with Gasteiger partial charge in [-0.25, -0.2) is 4.98 Å². The maximum Gasteiger partial charge on any atom is 0.251 e. The molecule has 0 saturated carbocycles. The lowest BCUT2D eigenvalue weighted by atomic mass is 10.0. The number of carbonyl (C=O) groups excluding carboxylic acids is 1. The predicted molar refractivity (Wildman–Crippen MR) is 120 cm³/mol. The molecule has 5 nitrogen and oxygen atoms in total. The summed E-state index contributed by atoms with van der Waals surface area (Å²) in [7, 11) is 0. The first-order valence-electron chi connectivity index (χ1n) is 10.1. The highest BCUT2D eigenvalue weighted by Gasteiger charge is 2.08. The Bertz CT molecular complexity index is 1190. The van der Waals surface area contributed by atoms with Gasteiger partial charge in [0.1, 0.15) is 0 Å². The summed E-state index contributed by atoms with van der Waals surface area (Å²) in [6.45, 7) is 1.20. The van der Waals surface area contributed by atoms with Crippen molar-refractivity contribution in [3.63, 3.8) is 0 Å². The number of carbonyl (C=O) groups is 1. The van der Waals surface area contributed by atoms with Crippen LogP contribution in [0.1, 0.15) is 27.2 Å². The van der Waals surface area contributed by atoms with Crippen molar-refractivity contribution >= 4 is 5.91 Å². The smallest absolute Gasteiger partial charge is 0.251 e. The van der Waals surface area contributed by atoms with E-state index in [1.54, 1.807) is 6.33 Å². The van der Waals surface area contributed by atoms with Crippen LogP contribution in [0.5, 0.6) is 0 Å². The summed E-state index contributed by atoms with van der Waals surface area (Å²) in [6, 6.07) is 27.4. The molecule has 0 bridgehead atoms. The molecule has 1 heterocycles. The van der Waals surface area contributed by atoms with Gasteiger partial charge in [-0.3, -0.25) is 4.79 Å². The zero-order valence-electron chi connectivity index (χ0n) is 17.0. The Morgan fingerprint density at radius 3 is 2.35 bits per heavy atom. The number of amides is 1. The molecular formula is C26H22N4O. The van der Waals surface area contributed by atoms with Gasteiger partial charge in [-0.15, -0.1) is 0 Å². The van der Waals surface area contributed by atoms with Crippen LogP contribution in [-0.2, 0) is 13.0 Å². The van der Waals surface area contributed by atoms with Gasteiger partial charge in [-0.2, -0.15) is 5.26 Å². The number of benzene rings is 3. The van der Waals surface area contributed by atoms with E-state index in [4.69, 9.17) is 5.26 Å². The molecule has 3 aromatic carbocycles. The lowest BCUT2D eigenvalue weighted by Crippen LogP contribution is -2.26. The molecule has 1 amide bonds. The van der Waals surface area contributed by atoms with Crippen LogP contribution >= 0.6 is 0 Å². The Kier molecular flexibility index (Phi) is 6.20. The molecule has 0 fully saturated rings. The molecule has 0 unspecified atom stereocenters. The molecule has 0 atom stereocenters. The summed E-state index contributed by atoms with van der Waals surface area (Å²) in [6.07, 6.45) is 4.30. The number of rotatable bonds is 7. The van der Waals surface area contributed by atoms with Crippen LogP contribution in [0.25, 0.3) is 11.1 Å². The molecule has 5 heteroatoms. The van der Waals surface area contributed by atoms with Crippen molar-refractivity contribution in [1.29, 1.82) is 5.26 Å². The average molecular weight is 406 g/mol. The highest BCUT2D eigenvalue weighted by molar-refractivity contribution is 5.94. The lowest BCUT2D eigenvalue weighted by molar-refractivity contribution is 0.0954. The first-order chi connectivity index (χ1) is 15.2. The van der Waals surface area contributed by atoms with Gasteiger partial charge < -0.3 is 9.88 Å². The van der Waals surface area contributed by atoms with E-state index in [0.717, 1.165) is 22.4 Å². The van der Waals surface area contributed by atoms with Crippen molar-refractivity contribution in [3.8, 4) is 17.2 Å². The van der Waals surface area contributed by atoms with Crippen LogP contribution in [-0.4, -0.2) is 22.0 Å². The number of hydrogen-bond donors (Lipinski definition) is 1. The number of imidazole rings is 1. The second-order valence-corrected chi connectivity index (χ2v) is 7.27. The predicted octanol–water partition coefficient (Wildman–Crippen LogP) is 4.44. The van der Waals surface area contributed by atoms with Gasteiger partial charge in [0.2, 0.25) is 0 Å². The number of aromatic nitrogens is 2. The molecule has 1 N–H and O–H groups in total. The summed E-state index contributed by atoms with van der Waals surface area (Å²) in [5.74, 6) is -0.0854. The van der Waals surface area contributed by atoms with E-state index in [-0.39, 0.29) is 5.91 Å². The number of nitrogens with one attached hydrogen (secondary N) is 1. The standard InChI is InChI=1S/C26H22N4O/c27-16-20-6-8-21(9-7-20)18-30-19-28-17-25(30)14-15-29-26(31)24-12-10-23(11-13-24)22-4-2-1-3-5-22/h1-13,17,19H,14-15,18H2,(H,29,31). The summed E-state index contributed by atoms with van der Waals surface area (Å²) in [5, 5.41) is 11.9. The molecule has 4 rings (SSSR count). The third kappa shape index (κ3) is 5.06. The maximum atomic E-state index is 12.5. The van der Waals surface area contributed by atoms with Gasteiger partial charge in [-0.05, 0) is 41.0 Å². The van der Waals surface area contributed by atoms with Crippen LogP contribution < -0.4 is 5.32 Å². The second kappa shape index (κ2) is 9.55. The minimum absolute atomic E-state index is 0.0854. The second-order valence-electron chi connectivity index (χ2n) is 7.27. The van der Waals surface area contributed by atoms with Gasteiger partial charge in [0.15, 0.2) is 0 Å². The molecule has 4 aromatic rings. The lowest BCUT2D eigenvalue weighted by Gasteiger charge is -2.10. The third-order valence-electron chi connectivity index (χ3n) is 5.16. The number of nitrogens with zero attached hydrogens (tertiary/aromatic N) is 3. The van der Waals surface area contributed by atoms with Crippen LogP contribution in [0.15, 0.2) is 91.4 Å². The Balaban J connectivity index is 1.32. The van der Waals surface area contributed by atoms with Crippen molar-refractivity contribution in [2.24, 2.45) is 0 Å². The third-order valence-corrected chi connectivity index (χ3v) is 5.16. The SMILES string of the molecule is N#Cc1ccc(Cn2cncc2CCNC(=O)c2ccc(-c3ccccc3)cc2)cc1. The van der Waals surface area contributed by atoms with Gasteiger partial charge >= 0.3 is 0 Å². The minimum Gasteiger partial charge on any atom is -0.352 e. The molecule has 31 heavy (non-hydrogen) atoms. The maximum absolute atomic E-state index is 12.5. The van der Waals surface area contributed by atoms with Gasteiger partial charge in [0.25, 0.3) is 5.91 Å². The Hall–Kier alpha value is -4.17. The first kappa shape index (κ1) is 20.1. The summed E-state index contributed by atoms with van der Waals surface area (Å²) in [4.78, 5) is 16.7. The van der Waals surface area contributed by atoms with Crippen molar-refractivity contribution in [2.45, 2.75) is 13.0 Å². The van der Waals surface area contributed by atoms with Crippen LogP contribution in [0, 0.1) is 11.3 Å². The van der Waals surface area contributed by atoms with E-state index >= 15 is 0 Å². The fraction of sp³-hybridized carbons (Fsp3) is 0.115. The van der Waals surface area contributed by atoms with E-state index in [0.29, 0.717) is 30.6 Å². The van der Waals surface area contributed by atoms with Crippen molar-refractivity contribution in [2.75, 3.05) is 6.54 Å². The number of nitriles is 1. The molecule has 1 aromatic heterocycles. The summed E-state index contributed by atoms with van der Waals surface area (Å²) >= 11 is 0. The molecular weight excluding hydrogens is 384 g/mol. The Morgan fingerprint density at radius 1 is 0.935 bits per heavy atom. The molecule has 0 saturated heterocycles. The molecule has 0 aliphatic rings. The van der Waals surface area contributed by atoms with E-state index in [2.05, 4.69) is 33.1 Å². The average Bonchev–Trinajstić information content (AvgIpc) is 3.27. The van der Waals surface area contributed by atoms with Gasteiger partial charge in [-0.1, -0.05) is 54.6 Å². The fourth-order valence-corrected chi connectivity index (χ4v) is 3.43. The van der Waals surface area contributed by atoms with E-state index in [9.17, 15) is 4.79 Å². The van der Waals surface area contributed by atoms with E-state index in [1.807, 2.05) is 72.9 Å². The van der Waals surface area contributed by atoms with Crippen LogP contribution in [0.4, 0.5) is 0 Å². The fourth-order valence-electron chi connectivity index (χ4n) is 3.43. The van der Waals surface area contributed by atoms with Gasteiger partial charge in [0.05, 0.1) is 18.0 Å². The van der Waals surface area contributed by atoms with Crippen molar-refractivity contribution < 1.29 is 4.79 Å². The molecule has 0 aliphatic carbocycles. The minimum atomic E-state index is -0.0854. The summed E-state index contributed by atoms with van der Waals surface area (Å²) < 4.78 is 2.06. The van der Waals surface area contributed by atoms with E-state index in [1.165, 1.54) is 0 Å². The van der Waals surface area contributed by atoms with Crippen LogP contribution in [0.3, 0.4) is 0 Å². The van der Waals surface area contributed by atoms with Crippen LogP contribution in [0.2, 0.25) is 0 Å². The highest BCUT2D eigenvalue weighted by Crippen LogP contribution is 2.19.